The number of anilines is 1. The molecule has 20 heavy (non-hydrogen) atoms. The number of carbonyl (C=O) groups is 1. The van der Waals surface area contributed by atoms with E-state index in [0.29, 0.717) is 24.4 Å². The standard InChI is InChI=1S/C14H22N4OS/c1-9(15-2)12-7-16-14(20-12)18-6-5-11-10(8-18)3-4-13(19)17-11/h7,9-11,15H,3-6,8H2,1-2H3,(H,17,19). The van der Waals surface area contributed by atoms with Crippen LogP contribution in [0.1, 0.15) is 37.1 Å². The molecule has 3 atom stereocenters. The number of piperidine rings is 2. The zero-order valence-electron chi connectivity index (χ0n) is 12.1. The lowest BCUT2D eigenvalue weighted by molar-refractivity contribution is -0.124. The number of rotatable bonds is 3. The Morgan fingerprint density at radius 3 is 3.20 bits per heavy atom. The Bertz CT molecular complexity index is 489. The summed E-state index contributed by atoms with van der Waals surface area (Å²) < 4.78 is 0. The van der Waals surface area contributed by atoms with E-state index >= 15 is 0 Å². The molecule has 3 heterocycles. The van der Waals surface area contributed by atoms with Crippen molar-refractivity contribution in [2.75, 3.05) is 25.0 Å². The number of fused-ring (bicyclic) bond motifs is 1. The van der Waals surface area contributed by atoms with Gasteiger partial charge >= 0.3 is 0 Å². The molecule has 0 radical (unpaired) electrons. The zero-order valence-corrected chi connectivity index (χ0v) is 12.9. The molecule has 2 saturated heterocycles. The Balaban J connectivity index is 1.67. The summed E-state index contributed by atoms with van der Waals surface area (Å²) in [5.74, 6) is 0.801. The van der Waals surface area contributed by atoms with Gasteiger partial charge in [-0.15, -0.1) is 11.3 Å². The smallest absolute Gasteiger partial charge is 0.220 e. The molecule has 2 N–H and O–H groups in total. The first-order valence-corrected chi connectivity index (χ1v) is 8.16. The largest absolute Gasteiger partial charge is 0.353 e. The van der Waals surface area contributed by atoms with Crippen molar-refractivity contribution >= 4 is 22.4 Å². The van der Waals surface area contributed by atoms with Crippen molar-refractivity contribution in [2.24, 2.45) is 5.92 Å². The SMILES string of the molecule is CNC(C)c1cnc(N2CCC3NC(=O)CCC3C2)s1. The molecule has 0 aliphatic carbocycles. The summed E-state index contributed by atoms with van der Waals surface area (Å²) in [6, 6.07) is 0.732. The highest BCUT2D eigenvalue weighted by atomic mass is 32.1. The normalized spacial score (nSPS) is 27.9. The van der Waals surface area contributed by atoms with Gasteiger partial charge in [-0.25, -0.2) is 4.98 Å². The summed E-state index contributed by atoms with van der Waals surface area (Å²) in [6.45, 7) is 4.16. The highest BCUT2D eigenvalue weighted by Gasteiger charge is 2.34. The first-order valence-electron chi connectivity index (χ1n) is 7.34. The van der Waals surface area contributed by atoms with Crippen LogP contribution in [0.5, 0.6) is 0 Å². The van der Waals surface area contributed by atoms with Crippen LogP contribution >= 0.6 is 11.3 Å². The molecule has 2 aliphatic heterocycles. The van der Waals surface area contributed by atoms with E-state index in [2.05, 4.69) is 27.4 Å². The Morgan fingerprint density at radius 1 is 1.55 bits per heavy atom. The van der Waals surface area contributed by atoms with Crippen LogP contribution in [0.2, 0.25) is 0 Å². The third-order valence-corrected chi connectivity index (χ3v) is 5.71. The number of thiazole rings is 1. The van der Waals surface area contributed by atoms with Crippen LogP contribution in [-0.2, 0) is 4.79 Å². The quantitative estimate of drug-likeness (QED) is 0.887. The summed E-state index contributed by atoms with van der Waals surface area (Å²) in [5, 5.41) is 7.50. The van der Waals surface area contributed by atoms with Crippen molar-refractivity contribution in [3.63, 3.8) is 0 Å². The fourth-order valence-electron chi connectivity index (χ4n) is 3.05. The summed E-state index contributed by atoms with van der Waals surface area (Å²) in [6.07, 6.45) is 4.70. The molecule has 1 amide bonds. The van der Waals surface area contributed by atoms with Gasteiger partial charge in [0.25, 0.3) is 0 Å². The third kappa shape index (κ3) is 2.67. The van der Waals surface area contributed by atoms with Crippen molar-refractivity contribution in [3.05, 3.63) is 11.1 Å². The van der Waals surface area contributed by atoms with Crippen LogP contribution in [0.3, 0.4) is 0 Å². The third-order valence-electron chi connectivity index (χ3n) is 4.46. The van der Waals surface area contributed by atoms with E-state index in [0.717, 1.165) is 31.1 Å². The van der Waals surface area contributed by atoms with Gasteiger partial charge in [-0.1, -0.05) is 0 Å². The molecule has 0 saturated carbocycles. The van der Waals surface area contributed by atoms with E-state index in [9.17, 15) is 4.79 Å². The summed E-state index contributed by atoms with van der Waals surface area (Å²) >= 11 is 1.78. The maximum Gasteiger partial charge on any atom is 0.220 e. The molecule has 3 unspecified atom stereocenters. The van der Waals surface area contributed by atoms with Crippen LogP contribution in [0, 0.1) is 5.92 Å². The van der Waals surface area contributed by atoms with E-state index < -0.39 is 0 Å². The maximum atomic E-state index is 11.4. The van der Waals surface area contributed by atoms with Gasteiger partial charge in [-0.3, -0.25) is 4.79 Å². The second kappa shape index (κ2) is 5.69. The predicted molar refractivity (Wildman–Crippen MR) is 81.1 cm³/mol. The Morgan fingerprint density at radius 2 is 2.40 bits per heavy atom. The number of nitrogens with zero attached hydrogens (tertiary/aromatic N) is 2. The minimum absolute atomic E-state index is 0.221. The van der Waals surface area contributed by atoms with E-state index in [1.54, 1.807) is 11.3 Å². The number of carbonyl (C=O) groups excluding carboxylic acids is 1. The molecule has 110 valence electrons. The van der Waals surface area contributed by atoms with E-state index in [1.165, 1.54) is 4.88 Å². The number of nitrogens with one attached hydrogen (secondary N) is 2. The highest BCUT2D eigenvalue weighted by molar-refractivity contribution is 7.15. The van der Waals surface area contributed by atoms with Gasteiger partial charge in [0.2, 0.25) is 5.91 Å². The lowest BCUT2D eigenvalue weighted by Gasteiger charge is -2.41. The lowest BCUT2D eigenvalue weighted by atomic mass is 9.85. The van der Waals surface area contributed by atoms with E-state index in [-0.39, 0.29) is 5.91 Å². The van der Waals surface area contributed by atoms with Crippen molar-refractivity contribution in [2.45, 2.75) is 38.3 Å². The fourth-order valence-corrected chi connectivity index (χ4v) is 4.06. The molecular weight excluding hydrogens is 272 g/mol. The molecule has 0 spiro atoms. The molecular formula is C14H22N4OS. The first-order chi connectivity index (χ1) is 9.67. The number of amides is 1. The van der Waals surface area contributed by atoms with Crippen LogP contribution in [0.4, 0.5) is 5.13 Å². The van der Waals surface area contributed by atoms with Crippen LogP contribution in [0.15, 0.2) is 6.20 Å². The monoisotopic (exact) mass is 294 g/mol. The minimum atomic E-state index is 0.221. The fraction of sp³-hybridized carbons (Fsp3) is 0.714. The second-order valence-corrected chi connectivity index (χ2v) is 6.80. The van der Waals surface area contributed by atoms with E-state index in [1.807, 2.05) is 13.2 Å². The van der Waals surface area contributed by atoms with Gasteiger partial charge < -0.3 is 15.5 Å². The van der Waals surface area contributed by atoms with Crippen LogP contribution in [-0.4, -0.2) is 37.1 Å². The van der Waals surface area contributed by atoms with Gasteiger partial charge in [0, 0.05) is 42.7 Å². The molecule has 2 aliphatic rings. The number of hydrogen-bond donors (Lipinski definition) is 2. The molecule has 3 rings (SSSR count). The Labute approximate surface area is 123 Å². The van der Waals surface area contributed by atoms with Crippen molar-refractivity contribution in [1.29, 1.82) is 0 Å². The Hall–Kier alpha value is -1.14. The molecule has 1 aromatic rings. The molecule has 5 nitrogen and oxygen atoms in total. The summed E-state index contributed by atoms with van der Waals surface area (Å²) in [7, 11) is 1.97. The average Bonchev–Trinajstić information content (AvgIpc) is 2.95. The van der Waals surface area contributed by atoms with Crippen LogP contribution < -0.4 is 15.5 Å². The highest BCUT2D eigenvalue weighted by Crippen LogP contribution is 2.32. The van der Waals surface area contributed by atoms with Crippen molar-refractivity contribution in [3.8, 4) is 0 Å². The number of aromatic nitrogens is 1. The summed E-state index contributed by atoms with van der Waals surface area (Å²) in [4.78, 5) is 19.7. The second-order valence-electron chi connectivity index (χ2n) is 5.76. The molecule has 1 aromatic heterocycles. The Kier molecular flexibility index (Phi) is 3.94. The van der Waals surface area contributed by atoms with Crippen molar-refractivity contribution in [1.82, 2.24) is 15.6 Å². The van der Waals surface area contributed by atoms with Gasteiger partial charge in [-0.2, -0.15) is 0 Å². The maximum absolute atomic E-state index is 11.4. The lowest BCUT2D eigenvalue weighted by Crippen LogP contribution is -2.54. The van der Waals surface area contributed by atoms with Crippen LogP contribution in [0.25, 0.3) is 0 Å². The zero-order chi connectivity index (χ0) is 14.1. The van der Waals surface area contributed by atoms with Gasteiger partial charge in [0.05, 0.1) is 0 Å². The summed E-state index contributed by atoms with van der Waals surface area (Å²) in [5.41, 5.74) is 0. The average molecular weight is 294 g/mol. The molecule has 6 heteroatoms. The molecule has 0 bridgehead atoms. The number of hydrogen-bond acceptors (Lipinski definition) is 5. The van der Waals surface area contributed by atoms with Gasteiger partial charge in [0.1, 0.15) is 0 Å². The topological polar surface area (TPSA) is 57.3 Å². The van der Waals surface area contributed by atoms with Gasteiger partial charge in [-0.05, 0) is 32.7 Å². The first kappa shape index (κ1) is 13.8. The van der Waals surface area contributed by atoms with Crippen molar-refractivity contribution < 1.29 is 4.79 Å². The minimum Gasteiger partial charge on any atom is -0.353 e. The predicted octanol–water partition coefficient (Wildman–Crippen LogP) is 1.53. The molecule has 2 fully saturated rings. The van der Waals surface area contributed by atoms with Gasteiger partial charge in [0.15, 0.2) is 5.13 Å². The molecule has 0 aromatic carbocycles. The van der Waals surface area contributed by atoms with E-state index in [4.69, 9.17) is 0 Å².